The van der Waals surface area contributed by atoms with Gasteiger partial charge in [-0.15, -0.1) is 5.10 Å². The Balaban J connectivity index is 0.000000806. The van der Waals surface area contributed by atoms with Crippen LogP contribution < -0.4 is 4.74 Å². The maximum Gasteiger partial charge on any atom is 0.314 e. The number of hydrogen-bond acceptors (Lipinski definition) is 8. The summed E-state index contributed by atoms with van der Waals surface area (Å²) in [5.41, 5.74) is -0.434. The zero-order chi connectivity index (χ0) is 21.7. The van der Waals surface area contributed by atoms with Crippen molar-refractivity contribution in [2.75, 3.05) is 39.8 Å². The highest BCUT2D eigenvalue weighted by Gasteiger charge is 2.51. The molecule has 1 amide bonds. The van der Waals surface area contributed by atoms with Gasteiger partial charge in [0.2, 0.25) is 5.82 Å². The van der Waals surface area contributed by atoms with E-state index < -0.39 is 5.41 Å². The van der Waals surface area contributed by atoms with Crippen molar-refractivity contribution in [1.29, 1.82) is 0 Å². The minimum atomic E-state index is -0.434. The summed E-state index contributed by atoms with van der Waals surface area (Å²) in [5, 5.41) is 11.0. The van der Waals surface area contributed by atoms with Gasteiger partial charge in [0, 0.05) is 33.1 Å². The van der Waals surface area contributed by atoms with E-state index in [1.807, 2.05) is 0 Å². The number of piperidine rings is 1. The van der Waals surface area contributed by atoms with Crippen molar-refractivity contribution in [3.63, 3.8) is 0 Å². The van der Waals surface area contributed by atoms with Crippen LogP contribution in [0.3, 0.4) is 0 Å². The average molecular weight is 423 g/mol. The van der Waals surface area contributed by atoms with Gasteiger partial charge in [0.1, 0.15) is 6.10 Å². The number of aryl methyl sites for hydroxylation is 1. The number of ether oxygens (including phenoxy) is 2. The van der Waals surface area contributed by atoms with Gasteiger partial charge in [0.25, 0.3) is 12.4 Å². The molecule has 0 aliphatic carbocycles. The zero-order valence-electron chi connectivity index (χ0n) is 17.5. The van der Waals surface area contributed by atoms with E-state index in [1.165, 1.54) is 24.6 Å². The third-order valence-electron chi connectivity index (χ3n) is 6.09. The van der Waals surface area contributed by atoms with E-state index >= 15 is 0 Å². The van der Waals surface area contributed by atoms with Crippen molar-refractivity contribution in [2.24, 2.45) is 12.5 Å². The SMILES string of the molecule is COc1nc(C(=O)N2CCC3(CC2)CC(CN2CCCC2)OC3=O)nn1C.O=CO. The molecular weight excluding hydrogens is 394 g/mol. The van der Waals surface area contributed by atoms with Gasteiger partial charge in [-0.25, -0.2) is 4.68 Å². The van der Waals surface area contributed by atoms with Crippen LogP contribution in [0.5, 0.6) is 6.01 Å². The first-order valence-electron chi connectivity index (χ1n) is 10.2. The molecule has 30 heavy (non-hydrogen) atoms. The minimum Gasteiger partial charge on any atom is -0.483 e. The number of likely N-dealkylation sites (tertiary alicyclic amines) is 2. The van der Waals surface area contributed by atoms with Crippen molar-refractivity contribution >= 4 is 18.3 Å². The molecule has 11 heteroatoms. The number of nitrogens with zero attached hydrogens (tertiary/aromatic N) is 5. The largest absolute Gasteiger partial charge is 0.483 e. The van der Waals surface area contributed by atoms with Crippen molar-refractivity contribution < 1.29 is 29.0 Å². The molecule has 0 saturated carbocycles. The van der Waals surface area contributed by atoms with Gasteiger partial charge in [-0.2, -0.15) is 4.98 Å². The number of cyclic esters (lactones) is 1. The topological polar surface area (TPSA) is 127 Å². The summed E-state index contributed by atoms with van der Waals surface area (Å²) in [6.45, 7) is 3.83. The fourth-order valence-corrected chi connectivity index (χ4v) is 4.52. The van der Waals surface area contributed by atoms with Gasteiger partial charge < -0.3 is 19.5 Å². The molecule has 0 aromatic carbocycles. The maximum absolute atomic E-state index is 12.7. The molecule has 1 unspecified atom stereocenters. The highest BCUT2D eigenvalue weighted by molar-refractivity contribution is 5.91. The van der Waals surface area contributed by atoms with Crippen LogP contribution in [0, 0.1) is 5.41 Å². The standard InChI is InChI=1S/C18H27N5O4.CH2O2/c1-21-17(26-2)19-14(20-21)15(24)23-9-5-18(6-10-23)11-13(27-16(18)25)12-22-7-3-4-8-22;2-1-3/h13H,3-12H2,1-2H3;1H,(H,2,3). The molecule has 3 fully saturated rings. The van der Waals surface area contributed by atoms with Gasteiger partial charge in [-0.1, -0.05) is 0 Å². The van der Waals surface area contributed by atoms with Crippen LogP contribution in [-0.4, -0.2) is 94.0 Å². The fourth-order valence-electron chi connectivity index (χ4n) is 4.52. The quantitative estimate of drug-likeness (QED) is 0.532. The first-order chi connectivity index (χ1) is 14.4. The van der Waals surface area contributed by atoms with E-state index in [0.29, 0.717) is 31.9 Å². The van der Waals surface area contributed by atoms with E-state index in [1.54, 1.807) is 11.9 Å². The average Bonchev–Trinajstić information content (AvgIpc) is 3.43. The third-order valence-corrected chi connectivity index (χ3v) is 6.09. The van der Waals surface area contributed by atoms with Crippen molar-refractivity contribution in [1.82, 2.24) is 24.6 Å². The third kappa shape index (κ3) is 4.55. The second-order valence-electron chi connectivity index (χ2n) is 7.96. The Morgan fingerprint density at radius 1 is 1.30 bits per heavy atom. The molecule has 4 rings (SSSR count). The second kappa shape index (κ2) is 9.41. The van der Waals surface area contributed by atoms with Crippen LogP contribution in [0.25, 0.3) is 0 Å². The molecule has 166 valence electrons. The lowest BCUT2D eigenvalue weighted by molar-refractivity contribution is -0.151. The van der Waals surface area contributed by atoms with E-state index in [0.717, 1.165) is 26.1 Å². The molecule has 1 aromatic heterocycles. The molecule has 11 nitrogen and oxygen atoms in total. The van der Waals surface area contributed by atoms with Crippen molar-refractivity contribution in [2.45, 2.75) is 38.2 Å². The molecule has 0 radical (unpaired) electrons. The van der Waals surface area contributed by atoms with Gasteiger partial charge in [0.15, 0.2) is 0 Å². The molecule has 3 aliphatic rings. The van der Waals surface area contributed by atoms with Gasteiger partial charge >= 0.3 is 12.0 Å². The van der Waals surface area contributed by atoms with Gasteiger partial charge in [-0.05, 0) is 38.8 Å². The zero-order valence-corrected chi connectivity index (χ0v) is 17.5. The Morgan fingerprint density at radius 3 is 2.50 bits per heavy atom. The van der Waals surface area contributed by atoms with Crippen LogP contribution in [0.2, 0.25) is 0 Å². The summed E-state index contributed by atoms with van der Waals surface area (Å²) >= 11 is 0. The predicted octanol–water partition coefficient (Wildman–Crippen LogP) is 0.158. The van der Waals surface area contributed by atoms with Crippen LogP contribution in [0.15, 0.2) is 0 Å². The molecule has 0 bridgehead atoms. The Hall–Kier alpha value is -2.69. The normalized spacial score (nSPS) is 23.1. The lowest BCUT2D eigenvalue weighted by Crippen LogP contribution is -2.45. The molecule has 1 N–H and O–H groups in total. The molecule has 3 saturated heterocycles. The molecule has 4 heterocycles. The van der Waals surface area contributed by atoms with E-state index in [2.05, 4.69) is 15.0 Å². The van der Waals surface area contributed by atoms with Gasteiger partial charge in [-0.3, -0.25) is 19.3 Å². The molecule has 1 aromatic rings. The number of carboxylic acid groups (broad SMARTS) is 1. The number of hydrogen-bond donors (Lipinski definition) is 1. The molecule has 1 atom stereocenters. The summed E-state index contributed by atoms with van der Waals surface area (Å²) in [4.78, 5) is 41.8. The highest BCUT2D eigenvalue weighted by atomic mass is 16.6. The number of amides is 1. The monoisotopic (exact) mass is 423 g/mol. The second-order valence-corrected chi connectivity index (χ2v) is 7.96. The Labute approximate surface area is 174 Å². The molecule has 1 spiro atoms. The molecule has 3 aliphatic heterocycles. The number of methoxy groups -OCH3 is 1. The van der Waals surface area contributed by atoms with E-state index in [4.69, 9.17) is 19.4 Å². The summed E-state index contributed by atoms with van der Waals surface area (Å²) in [6.07, 6.45) is 4.49. The van der Waals surface area contributed by atoms with Crippen LogP contribution in [0.1, 0.15) is 42.7 Å². The Kier molecular flexibility index (Phi) is 6.91. The van der Waals surface area contributed by atoms with Crippen molar-refractivity contribution in [3.05, 3.63) is 5.82 Å². The summed E-state index contributed by atoms with van der Waals surface area (Å²) in [5.74, 6) is -0.175. The fraction of sp³-hybridized carbons (Fsp3) is 0.737. The van der Waals surface area contributed by atoms with Crippen molar-refractivity contribution in [3.8, 4) is 6.01 Å². The lowest BCUT2D eigenvalue weighted by atomic mass is 9.76. The number of rotatable bonds is 4. The highest BCUT2D eigenvalue weighted by Crippen LogP contribution is 2.43. The summed E-state index contributed by atoms with van der Waals surface area (Å²) in [6, 6.07) is 0.302. The van der Waals surface area contributed by atoms with Crippen LogP contribution in [0.4, 0.5) is 0 Å². The van der Waals surface area contributed by atoms with Crippen LogP contribution >= 0.6 is 0 Å². The number of carbonyl (C=O) groups excluding carboxylic acids is 2. The summed E-state index contributed by atoms with van der Waals surface area (Å²) in [7, 11) is 3.18. The first kappa shape index (κ1) is 22.0. The number of esters is 1. The Bertz CT molecular complexity index is 767. The predicted molar refractivity (Wildman–Crippen MR) is 104 cm³/mol. The smallest absolute Gasteiger partial charge is 0.314 e. The minimum absolute atomic E-state index is 0.0143. The number of carbonyl (C=O) groups is 3. The van der Waals surface area contributed by atoms with Crippen LogP contribution in [-0.2, 0) is 21.4 Å². The lowest BCUT2D eigenvalue weighted by Gasteiger charge is -2.36. The summed E-state index contributed by atoms with van der Waals surface area (Å²) < 4.78 is 12.2. The first-order valence-corrected chi connectivity index (χ1v) is 10.2. The van der Waals surface area contributed by atoms with E-state index in [-0.39, 0.29) is 30.3 Å². The Morgan fingerprint density at radius 2 is 1.93 bits per heavy atom. The number of aromatic nitrogens is 3. The molecular formula is C19H29N5O6. The van der Waals surface area contributed by atoms with E-state index in [9.17, 15) is 9.59 Å². The van der Waals surface area contributed by atoms with Gasteiger partial charge in [0.05, 0.1) is 12.5 Å². The maximum atomic E-state index is 12.7.